The van der Waals surface area contributed by atoms with Crippen molar-refractivity contribution >= 4 is 5.91 Å². The second-order valence-corrected chi connectivity index (χ2v) is 6.12. The number of allylic oxidation sites excluding steroid dienone is 2. The molecule has 0 aromatic heterocycles. The fourth-order valence-corrected chi connectivity index (χ4v) is 2.61. The van der Waals surface area contributed by atoms with Gasteiger partial charge in [-0.05, 0) is 44.1 Å². The van der Waals surface area contributed by atoms with Crippen LogP contribution in [0.2, 0.25) is 0 Å². The predicted octanol–water partition coefficient (Wildman–Crippen LogP) is 2.34. The smallest absolute Gasteiger partial charge is 0.233 e. The summed E-state index contributed by atoms with van der Waals surface area (Å²) >= 11 is 0. The lowest BCUT2D eigenvalue weighted by Crippen LogP contribution is -2.38. The summed E-state index contributed by atoms with van der Waals surface area (Å²) < 4.78 is 0. The number of nitrogens with one attached hydrogen (secondary N) is 2. The van der Waals surface area contributed by atoms with Crippen LogP contribution >= 0.6 is 0 Å². The Morgan fingerprint density at radius 3 is 2.83 bits per heavy atom. The SMILES string of the molecule is CC1=CC(C)CC(CNCC(=O)NCC(C)C)C1. The van der Waals surface area contributed by atoms with Crippen LogP contribution in [0, 0.1) is 17.8 Å². The molecule has 2 atom stereocenters. The van der Waals surface area contributed by atoms with E-state index in [4.69, 9.17) is 0 Å². The van der Waals surface area contributed by atoms with Crippen molar-refractivity contribution in [1.82, 2.24) is 10.6 Å². The van der Waals surface area contributed by atoms with E-state index >= 15 is 0 Å². The van der Waals surface area contributed by atoms with Gasteiger partial charge in [0.25, 0.3) is 0 Å². The van der Waals surface area contributed by atoms with E-state index in [0.29, 0.717) is 24.3 Å². The van der Waals surface area contributed by atoms with Crippen molar-refractivity contribution < 1.29 is 4.79 Å². The predicted molar refractivity (Wildman–Crippen MR) is 76.4 cm³/mol. The highest BCUT2D eigenvalue weighted by Crippen LogP contribution is 2.26. The minimum absolute atomic E-state index is 0.111. The van der Waals surface area contributed by atoms with Crippen LogP contribution in [0.25, 0.3) is 0 Å². The van der Waals surface area contributed by atoms with Crippen LogP contribution in [0.4, 0.5) is 0 Å². The maximum atomic E-state index is 11.5. The van der Waals surface area contributed by atoms with Gasteiger partial charge in [0, 0.05) is 6.54 Å². The Labute approximate surface area is 111 Å². The standard InChI is InChI=1S/C15H28N2O/c1-11(2)8-17-15(18)10-16-9-14-6-12(3)5-13(4)7-14/h5,11-12,14,16H,6-10H2,1-4H3,(H,17,18). The zero-order chi connectivity index (χ0) is 13.5. The van der Waals surface area contributed by atoms with Gasteiger partial charge >= 0.3 is 0 Å². The van der Waals surface area contributed by atoms with Gasteiger partial charge in [-0.2, -0.15) is 0 Å². The Kier molecular flexibility index (Phi) is 6.41. The third-order valence-corrected chi connectivity index (χ3v) is 3.31. The molecule has 1 rings (SSSR count). The number of carbonyl (C=O) groups is 1. The van der Waals surface area contributed by atoms with Gasteiger partial charge in [0.15, 0.2) is 0 Å². The largest absolute Gasteiger partial charge is 0.355 e. The molecule has 0 spiro atoms. The molecule has 2 unspecified atom stereocenters. The molecule has 0 aliphatic heterocycles. The first-order valence-electron chi connectivity index (χ1n) is 7.12. The van der Waals surface area contributed by atoms with Gasteiger partial charge < -0.3 is 10.6 Å². The molecule has 0 heterocycles. The van der Waals surface area contributed by atoms with Crippen molar-refractivity contribution in [2.75, 3.05) is 19.6 Å². The first kappa shape index (κ1) is 15.2. The van der Waals surface area contributed by atoms with Crippen LogP contribution in [-0.2, 0) is 4.79 Å². The summed E-state index contributed by atoms with van der Waals surface area (Å²) in [5.41, 5.74) is 1.49. The van der Waals surface area contributed by atoms with Crippen molar-refractivity contribution in [1.29, 1.82) is 0 Å². The number of rotatable bonds is 6. The minimum atomic E-state index is 0.111. The van der Waals surface area contributed by atoms with Gasteiger partial charge in [-0.3, -0.25) is 4.79 Å². The van der Waals surface area contributed by atoms with Gasteiger partial charge in [-0.1, -0.05) is 32.4 Å². The molecule has 0 aromatic carbocycles. The van der Waals surface area contributed by atoms with Crippen molar-refractivity contribution in [3.05, 3.63) is 11.6 Å². The average molecular weight is 252 g/mol. The number of hydrogen-bond donors (Lipinski definition) is 2. The third-order valence-electron chi connectivity index (χ3n) is 3.31. The topological polar surface area (TPSA) is 41.1 Å². The maximum Gasteiger partial charge on any atom is 0.233 e. The lowest BCUT2D eigenvalue weighted by Gasteiger charge is -2.25. The molecule has 0 aromatic rings. The third kappa shape index (κ3) is 6.20. The van der Waals surface area contributed by atoms with E-state index in [1.807, 2.05) is 0 Å². The average Bonchev–Trinajstić information content (AvgIpc) is 2.25. The van der Waals surface area contributed by atoms with Crippen LogP contribution in [0.1, 0.15) is 40.5 Å². The van der Waals surface area contributed by atoms with Gasteiger partial charge in [0.2, 0.25) is 5.91 Å². The van der Waals surface area contributed by atoms with Crippen LogP contribution < -0.4 is 10.6 Å². The summed E-state index contributed by atoms with van der Waals surface area (Å²) in [4.78, 5) is 11.5. The highest BCUT2D eigenvalue weighted by Gasteiger charge is 2.17. The second kappa shape index (κ2) is 7.57. The summed E-state index contributed by atoms with van der Waals surface area (Å²) in [6, 6.07) is 0. The molecule has 1 aliphatic rings. The van der Waals surface area contributed by atoms with E-state index in [1.54, 1.807) is 0 Å². The molecule has 1 amide bonds. The first-order valence-corrected chi connectivity index (χ1v) is 7.12. The molecular weight excluding hydrogens is 224 g/mol. The Bertz CT molecular complexity index is 297. The van der Waals surface area contributed by atoms with Crippen molar-refractivity contribution in [3.63, 3.8) is 0 Å². The van der Waals surface area contributed by atoms with Gasteiger partial charge in [0.05, 0.1) is 6.54 Å². The maximum absolute atomic E-state index is 11.5. The Morgan fingerprint density at radius 1 is 1.50 bits per heavy atom. The first-order chi connectivity index (χ1) is 8.47. The lowest BCUT2D eigenvalue weighted by atomic mass is 9.84. The van der Waals surface area contributed by atoms with E-state index in [9.17, 15) is 4.79 Å². The summed E-state index contributed by atoms with van der Waals surface area (Å²) in [6.45, 7) is 10.8. The molecule has 3 heteroatoms. The highest BCUT2D eigenvalue weighted by molar-refractivity contribution is 5.77. The second-order valence-electron chi connectivity index (χ2n) is 6.12. The van der Waals surface area contributed by atoms with E-state index in [-0.39, 0.29) is 5.91 Å². The van der Waals surface area contributed by atoms with E-state index < -0.39 is 0 Å². The Balaban J connectivity index is 2.14. The summed E-state index contributed by atoms with van der Waals surface area (Å²) in [5, 5.41) is 6.21. The summed E-state index contributed by atoms with van der Waals surface area (Å²) in [5.74, 6) is 1.99. The Morgan fingerprint density at radius 2 is 2.22 bits per heavy atom. The molecule has 0 saturated heterocycles. The molecule has 0 fully saturated rings. The molecule has 3 nitrogen and oxygen atoms in total. The van der Waals surface area contributed by atoms with E-state index in [0.717, 1.165) is 13.1 Å². The van der Waals surface area contributed by atoms with Crippen LogP contribution in [-0.4, -0.2) is 25.5 Å². The monoisotopic (exact) mass is 252 g/mol. The molecule has 18 heavy (non-hydrogen) atoms. The lowest BCUT2D eigenvalue weighted by molar-refractivity contribution is -0.120. The Hall–Kier alpha value is -0.830. The summed E-state index contributed by atoms with van der Waals surface area (Å²) in [6.07, 6.45) is 4.77. The molecule has 0 bridgehead atoms. The van der Waals surface area contributed by atoms with Gasteiger partial charge in [-0.25, -0.2) is 0 Å². The zero-order valence-electron chi connectivity index (χ0n) is 12.3. The minimum Gasteiger partial charge on any atom is -0.355 e. The molecular formula is C15H28N2O. The van der Waals surface area contributed by atoms with Crippen LogP contribution in [0.3, 0.4) is 0 Å². The van der Waals surface area contributed by atoms with Crippen LogP contribution in [0.5, 0.6) is 0 Å². The molecule has 0 radical (unpaired) electrons. The fourth-order valence-electron chi connectivity index (χ4n) is 2.61. The van der Waals surface area contributed by atoms with E-state index in [2.05, 4.69) is 44.4 Å². The number of amides is 1. The van der Waals surface area contributed by atoms with Crippen LogP contribution in [0.15, 0.2) is 11.6 Å². The quantitative estimate of drug-likeness (QED) is 0.712. The fraction of sp³-hybridized carbons (Fsp3) is 0.800. The number of carbonyl (C=O) groups excluding carboxylic acids is 1. The van der Waals surface area contributed by atoms with Crippen molar-refractivity contribution in [2.45, 2.75) is 40.5 Å². The summed E-state index contributed by atoms with van der Waals surface area (Å²) in [7, 11) is 0. The normalized spacial score (nSPS) is 23.9. The van der Waals surface area contributed by atoms with Gasteiger partial charge in [-0.15, -0.1) is 0 Å². The van der Waals surface area contributed by atoms with Crippen molar-refractivity contribution in [3.8, 4) is 0 Å². The highest BCUT2D eigenvalue weighted by atomic mass is 16.1. The van der Waals surface area contributed by atoms with Gasteiger partial charge in [0.1, 0.15) is 0 Å². The van der Waals surface area contributed by atoms with Crippen molar-refractivity contribution in [2.24, 2.45) is 17.8 Å². The molecule has 104 valence electrons. The molecule has 2 N–H and O–H groups in total. The van der Waals surface area contributed by atoms with E-state index in [1.165, 1.54) is 18.4 Å². The molecule has 1 aliphatic carbocycles. The number of hydrogen-bond acceptors (Lipinski definition) is 2. The molecule has 0 saturated carbocycles. The zero-order valence-corrected chi connectivity index (χ0v) is 12.3.